The zero-order chi connectivity index (χ0) is 11.7. The molecule has 1 aliphatic heterocycles. The standard InChI is InChI=1S/C11H9Br2NO2/c12-5-7(13)6-14-9-4-2-1-3-8(9)10(15)11(14)16/h1-4,7H,5-6H2/t7-/m1/s1. The maximum atomic E-state index is 11.8. The lowest BCUT2D eigenvalue weighted by Crippen LogP contribution is -2.35. The van der Waals surface area contributed by atoms with Gasteiger partial charge in [-0.1, -0.05) is 44.0 Å². The van der Waals surface area contributed by atoms with Crippen molar-refractivity contribution in [3.05, 3.63) is 29.8 Å². The van der Waals surface area contributed by atoms with Crippen molar-refractivity contribution >= 4 is 49.2 Å². The molecule has 84 valence electrons. The summed E-state index contributed by atoms with van der Waals surface area (Å²) in [5.41, 5.74) is 1.21. The Morgan fingerprint density at radius 2 is 1.94 bits per heavy atom. The van der Waals surface area contributed by atoms with E-state index in [2.05, 4.69) is 31.9 Å². The lowest BCUT2D eigenvalue weighted by atomic mass is 10.1. The number of fused-ring (bicyclic) bond motifs is 1. The Kier molecular flexibility index (Phi) is 3.44. The molecule has 16 heavy (non-hydrogen) atoms. The van der Waals surface area contributed by atoms with Crippen molar-refractivity contribution < 1.29 is 9.59 Å². The van der Waals surface area contributed by atoms with Crippen LogP contribution >= 0.6 is 31.9 Å². The van der Waals surface area contributed by atoms with Gasteiger partial charge in [0.1, 0.15) is 0 Å². The van der Waals surface area contributed by atoms with E-state index < -0.39 is 11.7 Å². The van der Waals surface area contributed by atoms with Crippen LogP contribution in [0.1, 0.15) is 10.4 Å². The molecule has 1 aromatic rings. The molecular formula is C11H9Br2NO2. The Labute approximate surface area is 110 Å². The number of alkyl halides is 2. The third kappa shape index (κ3) is 1.94. The van der Waals surface area contributed by atoms with Crippen LogP contribution in [0, 0.1) is 0 Å². The van der Waals surface area contributed by atoms with Crippen LogP contribution < -0.4 is 4.90 Å². The summed E-state index contributed by atoms with van der Waals surface area (Å²) >= 11 is 6.76. The van der Waals surface area contributed by atoms with Crippen molar-refractivity contribution in [3.63, 3.8) is 0 Å². The lowest BCUT2D eigenvalue weighted by Gasteiger charge is -2.18. The molecule has 0 spiro atoms. The number of carbonyl (C=O) groups excluding carboxylic acids is 2. The molecule has 1 amide bonds. The molecule has 0 saturated heterocycles. The molecule has 1 atom stereocenters. The third-order valence-corrected chi connectivity index (χ3v) is 4.69. The van der Waals surface area contributed by atoms with Crippen molar-refractivity contribution in [1.29, 1.82) is 0 Å². The van der Waals surface area contributed by atoms with Gasteiger partial charge in [-0.05, 0) is 12.1 Å². The minimum atomic E-state index is -0.438. The maximum absolute atomic E-state index is 11.8. The predicted molar refractivity (Wildman–Crippen MR) is 69.6 cm³/mol. The lowest BCUT2D eigenvalue weighted by molar-refractivity contribution is -0.114. The Hall–Kier alpha value is -0.680. The van der Waals surface area contributed by atoms with Crippen molar-refractivity contribution in [3.8, 4) is 0 Å². The summed E-state index contributed by atoms with van der Waals surface area (Å²) in [7, 11) is 0. The number of carbonyl (C=O) groups is 2. The zero-order valence-corrected chi connectivity index (χ0v) is 11.5. The highest BCUT2D eigenvalue weighted by molar-refractivity contribution is 9.12. The Morgan fingerprint density at radius 3 is 2.62 bits per heavy atom. The van der Waals surface area contributed by atoms with E-state index in [-0.39, 0.29) is 4.83 Å². The molecule has 0 N–H and O–H groups in total. The first-order valence-corrected chi connectivity index (χ1v) is 6.84. The average Bonchev–Trinajstić information content (AvgIpc) is 2.55. The summed E-state index contributed by atoms with van der Waals surface area (Å²) in [4.78, 5) is 25.1. The molecule has 0 radical (unpaired) electrons. The van der Waals surface area contributed by atoms with Gasteiger partial charge in [0.25, 0.3) is 11.7 Å². The smallest absolute Gasteiger partial charge is 0.299 e. The fraction of sp³-hybridized carbons (Fsp3) is 0.273. The molecule has 0 aromatic heterocycles. The molecule has 0 fully saturated rings. The molecule has 2 rings (SSSR count). The fourth-order valence-corrected chi connectivity index (χ4v) is 2.17. The third-order valence-electron chi connectivity index (χ3n) is 2.43. The van der Waals surface area contributed by atoms with Gasteiger partial charge in [-0.15, -0.1) is 0 Å². The van der Waals surface area contributed by atoms with Gasteiger partial charge >= 0.3 is 0 Å². The van der Waals surface area contributed by atoms with E-state index in [1.54, 1.807) is 18.2 Å². The van der Waals surface area contributed by atoms with Gasteiger partial charge in [-0.2, -0.15) is 0 Å². The summed E-state index contributed by atoms with van der Waals surface area (Å²) in [5.74, 6) is -0.850. The highest BCUT2D eigenvalue weighted by Gasteiger charge is 2.35. The van der Waals surface area contributed by atoms with Gasteiger partial charge in [0.05, 0.1) is 11.3 Å². The van der Waals surface area contributed by atoms with E-state index in [1.807, 2.05) is 6.07 Å². The number of hydrogen-bond donors (Lipinski definition) is 0. The average molecular weight is 347 g/mol. The second-order valence-electron chi connectivity index (χ2n) is 3.51. The molecule has 0 bridgehead atoms. The first-order valence-electron chi connectivity index (χ1n) is 4.80. The highest BCUT2D eigenvalue weighted by atomic mass is 79.9. The molecular weight excluding hydrogens is 338 g/mol. The molecule has 1 aromatic carbocycles. The van der Waals surface area contributed by atoms with Crippen LogP contribution in [0.25, 0.3) is 0 Å². The SMILES string of the molecule is O=C1C(=O)N(C[C@H](Br)CBr)c2ccccc21. The van der Waals surface area contributed by atoms with Crippen LogP contribution in [0.4, 0.5) is 5.69 Å². The number of nitrogens with zero attached hydrogens (tertiary/aromatic N) is 1. The van der Waals surface area contributed by atoms with Crippen molar-refractivity contribution in [1.82, 2.24) is 0 Å². The number of para-hydroxylation sites is 1. The van der Waals surface area contributed by atoms with Gasteiger partial charge in [-0.25, -0.2) is 0 Å². The monoisotopic (exact) mass is 345 g/mol. The number of hydrogen-bond acceptors (Lipinski definition) is 2. The van der Waals surface area contributed by atoms with E-state index in [1.165, 1.54) is 4.90 Å². The quantitative estimate of drug-likeness (QED) is 0.622. The summed E-state index contributed by atoms with van der Waals surface area (Å²) in [6, 6.07) is 7.08. The maximum Gasteiger partial charge on any atom is 0.299 e. The Morgan fingerprint density at radius 1 is 1.25 bits per heavy atom. The molecule has 0 unspecified atom stereocenters. The number of Topliss-reactive ketones (excluding diaryl/α,β-unsaturated/α-hetero) is 1. The minimum Gasteiger partial charge on any atom is -0.304 e. The van der Waals surface area contributed by atoms with Crippen molar-refractivity contribution in [2.24, 2.45) is 0 Å². The first kappa shape index (κ1) is 11.8. The topological polar surface area (TPSA) is 37.4 Å². The van der Waals surface area contributed by atoms with Crippen LogP contribution in [0.5, 0.6) is 0 Å². The summed E-state index contributed by atoms with van der Waals surface area (Å²) < 4.78 is 0. The number of amides is 1. The van der Waals surface area contributed by atoms with Crippen LogP contribution in [0.3, 0.4) is 0 Å². The van der Waals surface area contributed by atoms with E-state index in [0.717, 1.165) is 5.33 Å². The molecule has 0 aliphatic carbocycles. The molecule has 3 nitrogen and oxygen atoms in total. The van der Waals surface area contributed by atoms with Gasteiger partial charge in [-0.3, -0.25) is 9.59 Å². The van der Waals surface area contributed by atoms with Gasteiger partial charge in [0.15, 0.2) is 0 Å². The minimum absolute atomic E-state index is 0.135. The number of ketones is 1. The van der Waals surface area contributed by atoms with Crippen LogP contribution in [0.15, 0.2) is 24.3 Å². The van der Waals surface area contributed by atoms with E-state index in [0.29, 0.717) is 17.8 Å². The van der Waals surface area contributed by atoms with Gasteiger partial charge in [0, 0.05) is 16.7 Å². The molecule has 1 heterocycles. The molecule has 0 saturated carbocycles. The molecule has 1 aliphatic rings. The van der Waals surface area contributed by atoms with Gasteiger partial charge < -0.3 is 4.90 Å². The zero-order valence-electron chi connectivity index (χ0n) is 8.32. The Bertz CT molecular complexity index is 447. The number of halogens is 2. The van der Waals surface area contributed by atoms with Crippen LogP contribution in [-0.2, 0) is 4.79 Å². The second-order valence-corrected chi connectivity index (χ2v) is 5.46. The van der Waals surface area contributed by atoms with Crippen molar-refractivity contribution in [2.45, 2.75) is 4.83 Å². The van der Waals surface area contributed by atoms with Gasteiger partial charge in [0.2, 0.25) is 0 Å². The summed E-state index contributed by atoms with van der Waals surface area (Å²) in [6.07, 6.45) is 0. The number of rotatable bonds is 3. The normalized spacial score (nSPS) is 16.5. The van der Waals surface area contributed by atoms with Crippen LogP contribution in [0.2, 0.25) is 0 Å². The van der Waals surface area contributed by atoms with Crippen LogP contribution in [-0.4, -0.2) is 28.4 Å². The Balaban J connectivity index is 2.34. The second kappa shape index (κ2) is 4.67. The number of benzene rings is 1. The fourth-order valence-electron chi connectivity index (χ4n) is 1.68. The molecule has 5 heteroatoms. The first-order chi connectivity index (χ1) is 7.65. The largest absolute Gasteiger partial charge is 0.304 e. The van der Waals surface area contributed by atoms with E-state index in [9.17, 15) is 9.59 Å². The van der Waals surface area contributed by atoms with Crippen molar-refractivity contribution in [2.75, 3.05) is 16.8 Å². The predicted octanol–water partition coefficient (Wildman–Crippen LogP) is 2.37. The number of anilines is 1. The summed E-state index contributed by atoms with van der Waals surface area (Å²) in [6.45, 7) is 0.493. The highest BCUT2D eigenvalue weighted by Crippen LogP contribution is 2.29. The van der Waals surface area contributed by atoms with E-state index in [4.69, 9.17) is 0 Å². The van der Waals surface area contributed by atoms with E-state index >= 15 is 0 Å². The summed E-state index contributed by atoms with van der Waals surface area (Å²) in [5, 5.41) is 0.729.